The molecule has 1 amide bonds. The summed E-state index contributed by atoms with van der Waals surface area (Å²) in [6, 6.07) is -0.756. The van der Waals surface area contributed by atoms with Crippen LogP contribution in [0.2, 0.25) is 0 Å². The highest BCUT2D eigenvalue weighted by Gasteiger charge is 2.37. The molecule has 0 aromatic carbocycles. The minimum atomic E-state index is -3.44. The van der Waals surface area contributed by atoms with Gasteiger partial charge in [-0.25, -0.2) is 13.1 Å². The van der Waals surface area contributed by atoms with E-state index in [1.165, 1.54) is 0 Å². The van der Waals surface area contributed by atoms with Crippen molar-refractivity contribution in [2.75, 3.05) is 26.5 Å². The number of amides is 1. The maximum Gasteiger partial charge on any atom is 0.241 e. The molecule has 1 N–H and O–H groups in total. The van der Waals surface area contributed by atoms with E-state index in [0.717, 1.165) is 19.1 Å². The van der Waals surface area contributed by atoms with Crippen molar-refractivity contribution in [1.82, 2.24) is 9.62 Å². The second-order valence-electron chi connectivity index (χ2n) is 6.47. The third kappa shape index (κ3) is 5.03. The Morgan fingerprint density at radius 3 is 2.45 bits per heavy atom. The molecule has 118 valence electrons. The van der Waals surface area contributed by atoms with Crippen LogP contribution in [0.4, 0.5) is 0 Å². The Kier molecular flexibility index (Phi) is 5.57. The summed E-state index contributed by atoms with van der Waals surface area (Å²) < 4.78 is 30.8. The average molecular weight is 306 g/mol. The van der Waals surface area contributed by atoms with Gasteiger partial charge in [0.15, 0.2) is 0 Å². The van der Waals surface area contributed by atoms with Crippen LogP contribution in [-0.2, 0) is 19.6 Å². The lowest BCUT2D eigenvalue weighted by Crippen LogP contribution is -2.56. The van der Waals surface area contributed by atoms with Crippen molar-refractivity contribution in [3.8, 4) is 0 Å². The number of ether oxygens (including phenoxy) is 1. The number of hydrogen-bond donors (Lipinski definition) is 1. The largest absolute Gasteiger partial charge is 0.380 e. The Balaban J connectivity index is 2.88. The SMILES string of the molecule is CO[C@H]1CCCN(C(=O)[C@@H](NS(C)(=O)=O)C(C)(C)C)C1. The Morgan fingerprint density at radius 2 is 2.00 bits per heavy atom. The zero-order valence-corrected chi connectivity index (χ0v) is 13.8. The molecule has 0 aromatic heterocycles. The van der Waals surface area contributed by atoms with Gasteiger partial charge < -0.3 is 9.64 Å². The van der Waals surface area contributed by atoms with Gasteiger partial charge in [0.25, 0.3) is 0 Å². The summed E-state index contributed by atoms with van der Waals surface area (Å²) in [7, 11) is -1.80. The Morgan fingerprint density at radius 1 is 1.40 bits per heavy atom. The fourth-order valence-electron chi connectivity index (χ4n) is 2.33. The van der Waals surface area contributed by atoms with Crippen LogP contribution in [0, 0.1) is 5.41 Å². The van der Waals surface area contributed by atoms with E-state index in [0.29, 0.717) is 13.1 Å². The van der Waals surface area contributed by atoms with E-state index < -0.39 is 21.5 Å². The van der Waals surface area contributed by atoms with Gasteiger partial charge in [-0.3, -0.25) is 4.79 Å². The lowest BCUT2D eigenvalue weighted by atomic mass is 9.86. The highest BCUT2D eigenvalue weighted by molar-refractivity contribution is 7.88. The number of hydrogen-bond acceptors (Lipinski definition) is 4. The number of likely N-dealkylation sites (tertiary alicyclic amines) is 1. The van der Waals surface area contributed by atoms with Gasteiger partial charge in [-0.1, -0.05) is 20.8 Å². The van der Waals surface area contributed by atoms with E-state index in [-0.39, 0.29) is 12.0 Å². The molecular formula is C13H26N2O4S. The number of piperidine rings is 1. The molecule has 0 spiro atoms. The number of nitrogens with zero attached hydrogens (tertiary/aromatic N) is 1. The molecule has 1 heterocycles. The number of carbonyl (C=O) groups is 1. The van der Waals surface area contributed by atoms with E-state index in [4.69, 9.17) is 4.74 Å². The zero-order valence-electron chi connectivity index (χ0n) is 13.0. The molecule has 7 heteroatoms. The van der Waals surface area contributed by atoms with E-state index >= 15 is 0 Å². The molecule has 2 atom stereocenters. The smallest absolute Gasteiger partial charge is 0.241 e. The maximum absolute atomic E-state index is 12.6. The van der Waals surface area contributed by atoms with Crippen molar-refractivity contribution in [3.63, 3.8) is 0 Å². The first kappa shape index (κ1) is 17.4. The minimum absolute atomic E-state index is 0.0338. The second kappa shape index (κ2) is 6.41. The average Bonchev–Trinajstić information content (AvgIpc) is 2.33. The van der Waals surface area contributed by atoms with Crippen LogP contribution in [0.25, 0.3) is 0 Å². The molecule has 0 radical (unpaired) electrons. The standard InChI is InChI=1S/C13H26N2O4S/c1-13(2,3)11(14-20(5,17)18)12(16)15-8-6-7-10(9-15)19-4/h10-11,14H,6-9H2,1-5H3/t10-,11+/m0/s1. The van der Waals surface area contributed by atoms with Gasteiger partial charge in [0.05, 0.1) is 12.4 Å². The van der Waals surface area contributed by atoms with Crippen LogP contribution in [-0.4, -0.2) is 57.8 Å². The lowest BCUT2D eigenvalue weighted by Gasteiger charge is -2.38. The second-order valence-corrected chi connectivity index (χ2v) is 8.25. The Bertz CT molecular complexity index is 442. The summed E-state index contributed by atoms with van der Waals surface area (Å²) in [6.07, 6.45) is 2.92. The predicted molar refractivity (Wildman–Crippen MR) is 77.8 cm³/mol. The molecule has 1 fully saturated rings. The molecular weight excluding hydrogens is 280 g/mol. The van der Waals surface area contributed by atoms with Gasteiger partial charge in [0, 0.05) is 20.2 Å². The minimum Gasteiger partial charge on any atom is -0.380 e. The van der Waals surface area contributed by atoms with Crippen molar-refractivity contribution in [2.24, 2.45) is 5.41 Å². The van der Waals surface area contributed by atoms with Crippen LogP contribution >= 0.6 is 0 Å². The molecule has 0 bridgehead atoms. The summed E-state index contributed by atoms with van der Waals surface area (Å²) in [5.41, 5.74) is -0.486. The topological polar surface area (TPSA) is 75.7 Å². The maximum atomic E-state index is 12.6. The van der Waals surface area contributed by atoms with Gasteiger partial charge in [-0.15, -0.1) is 0 Å². The number of carbonyl (C=O) groups excluding carboxylic acids is 1. The zero-order chi connectivity index (χ0) is 15.6. The van der Waals surface area contributed by atoms with Crippen molar-refractivity contribution in [3.05, 3.63) is 0 Å². The number of methoxy groups -OCH3 is 1. The van der Waals surface area contributed by atoms with Crippen molar-refractivity contribution >= 4 is 15.9 Å². The Hall–Kier alpha value is -0.660. The number of sulfonamides is 1. The third-order valence-electron chi connectivity index (χ3n) is 3.47. The Labute approximate surface area is 121 Å². The van der Waals surface area contributed by atoms with E-state index in [1.54, 1.807) is 12.0 Å². The van der Waals surface area contributed by atoms with E-state index in [2.05, 4.69) is 4.72 Å². The van der Waals surface area contributed by atoms with Crippen molar-refractivity contribution < 1.29 is 17.9 Å². The first-order valence-electron chi connectivity index (χ1n) is 6.83. The van der Waals surface area contributed by atoms with Crippen LogP contribution in [0.5, 0.6) is 0 Å². The van der Waals surface area contributed by atoms with Gasteiger partial charge in [-0.05, 0) is 18.3 Å². The molecule has 6 nitrogen and oxygen atoms in total. The van der Waals surface area contributed by atoms with Crippen molar-refractivity contribution in [2.45, 2.75) is 45.8 Å². The molecule has 0 aliphatic carbocycles. The molecule has 1 saturated heterocycles. The summed E-state index contributed by atoms with van der Waals surface area (Å²) in [5, 5.41) is 0. The summed E-state index contributed by atoms with van der Waals surface area (Å²) in [5.74, 6) is -0.176. The molecule has 0 saturated carbocycles. The normalized spacial score (nSPS) is 22.6. The first-order valence-corrected chi connectivity index (χ1v) is 8.72. The van der Waals surface area contributed by atoms with Crippen LogP contribution in [0.15, 0.2) is 0 Å². The van der Waals surface area contributed by atoms with Gasteiger partial charge in [0.2, 0.25) is 15.9 Å². The van der Waals surface area contributed by atoms with Crippen LogP contribution in [0.3, 0.4) is 0 Å². The lowest BCUT2D eigenvalue weighted by molar-refractivity contribution is -0.139. The van der Waals surface area contributed by atoms with Crippen LogP contribution in [0.1, 0.15) is 33.6 Å². The van der Waals surface area contributed by atoms with Gasteiger partial charge >= 0.3 is 0 Å². The van der Waals surface area contributed by atoms with Crippen LogP contribution < -0.4 is 4.72 Å². The quantitative estimate of drug-likeness (QED) is 0.825. The molecule has 0 aromatic rings. The predicted octanol–water partition coefficient (Wildman–Crippen LogP) is 0.588. The third-order valence-corrected chi connectivity index (χ3v) is 4.13. The van der Waals surface area contributed by atoms with Crippen molar-refractivity contribution in [1.29, 1.82) is 0 Å². The number of rotatable bonds is 4. The van der Waals surface area contributed by atoms with Gasteiger partial charge in [0.1, 0.15) is 6.04 Å². The fourth-order valence-corrected chi connectivity index (χ4v) is 3.21. The molecule has 0 unspecified atom stereocenters. The molecule has 1 rings (SSSR count). The van der Waals surface area contributed by atoms with E-state index in [1.807, 2.05) is 20.8 Å². The number of nitrogens with one attached hydrogen (secondary N) is 1. The summed E-state index contributed by atoms with van der Waals surface area (Å²) in [4.78, 5) is 14.3. The molecule has 1 aliphatic heterocycles. The first-order chi connectivity index (χ1) is 9.04. The summed E-state index contributed by atoms with van der Waals surface area (Å²) in [6.45, 7) is 6.73. The summed E-state index contributed by atoms with van der Waals surface area (Å²) >= 11 is 0. The van der Waals surface area contributed by atoms with Gasteiger partial charge in [-0.2, -0.15) is 0 Å². The highest BCUT2D eigenvalue weighted by Crippen LogP contribution is 2.23. The highest BCUT2D eigenvalue weighted by atomic mass is 32.2. The van der Waals surface area contributed by atoms with E-state index in [9.17, 15) is 13.2 Å². The monoisotopic (exact) mass is 306 g/mol. The molecule has 20 heavy (non-hydrogen) atoms. The molecule has 1 aliphatic rings. The fraction of sp³-hybridized carbons (Fsp3) is 0.923.